The highest BCUT2D eigenvalue weighted by Gasteiger charge is 2.53. The molecule has 3 fully saturated rings. The molecule has 0 radical (unpaired) electrons. The van der Waals surface area contributed by atoms with Crippen molar-refractivity contribution in [3.8, 4) is 11.5 Å². The lowest BCUT2D eigenvalue weighted by molar-refractivity contribution is -0.480. The van der Waals surface area contributed by atoms with E-state index in [-0.39, 0.29) is 5.41 Å². The summed E-state index contributed by atoms with van der Waals surface area (Å²) in [5.41, 5.74) is 5.67. The molecule has 4 heteroatoms. The van der Waals surface area contributed by atoms with E-state index >= 15 is 0 Å². The van der Waals surface area contributed by atoms with Gasteiger partial charge in [0, 0.05) is 16.5 Å². The summed E-state index contributed by atoms with van der Waals surface area (Å²) >= 11 is 0. The van der Waals surface area contributed by atoms with E-state index in [1.807, 2.05) is 12.1 Å². The Balaban J connectivity index is 1.74. The summed E-state index contributed by atoms with van der Waals surface area (Å²) < 4.78 is 18.1. The molecule has 0 N–H and O–H groups in total. The first-order chi connectivity index (χ1) is 12.5. The zero-order valence-electron chi connectivity index (χ0n) is 16.7. The maximum atomic E-state index is 6.04. The second-order valence-electron chi connectivity index (χ2n) is 7.84. The molecule has 3 heterocycles. The van der Waals surface area contributed by atoms with Crippen molar-refractivity contribution >= 4 is 8.07 Å². The van der Waals surface area contributed by atoms with Gasteiger partial charge in [-0.3, -0.25) is 0 Å². The van der Waals surface area contributed by atoms with Crippen LogP contribution >= 0.6 is 0 Å². The Bertz CT molecular complexity index is 634. The highest BCUT2D eigenvalue weighted by atomic mass is 28.3. The smallest absolute Gasteiger partial charge is 0.312 e. The van der Waals surface area contributed by atoms with Gasteiger partial charge in [0.05, 0.1) is 19.8 Å². The fraction of sp³-hybridized carbons (Fsp3) is 0.636. The minimum Gasteiger partial charge on any atom is -0.323 e. The van der Waals surface area contributed by atoms with Crippen LogP contribution in [0.2, 0.25) is 18.1 Å². The van der Waals surface area contributed by atoms with Crippen LogP contribution in [0.3, 0.4) is 0 Å². The number of benzene rings is 1. The van der Waals surface area contributed by atoms with E-state index in [1.54, 1.807) is 0 Å². The number of hydrogen-bond acceptors (Lipinski definition) is 3. The molecule has 142 valence electrons. The van der Waals surface area contributed by atoms with E-state index in [1.165, 1.54) is 18.1 Å². The third-order valence-electron chi connectivity index (χ3n) is 6.23. The SMILES string of the molecule is CCCC12COC(c3ccc(C#C[Si](CC)(CC)CC)cc3)(OC1)OC2. The van der Waals surface area contributed by atoms with Gasteiger partial charge in [-0.25, -0.2) is 0 Å². The average molecular weight is 373 g/mol. The first-order valence-corrected chi connectivity index (χ1v) is 12.7. The Hall–Kier alpha value is -1.12. The molecule has 3 saturated heterocycles. The van der Waals surface area contributed by atoms with Crippen LogP contribution in [0.4, 0.5) is 0 Å². The largest absolute Gasteiger partial charge is 0.323 e. The van der Waals surface area contributed by atoms with E-state index in [4.69, 9.17) is 14.2 Å². The molecule has 0 amide bonds. The van der Waals surface area contributed by atoms with E-state index in [0.717, 1.165) is 24.0 Å². The molecule has 0 atom stereocenters. The van der Waals surface area contributed by atoms with Gasteiger partial charge < -0.3 is 14.2 Å². The normalized spacial score (nSPS) is 27.8. The van der Waals surface area contributed by atoms with Crippen LogP contribution in [0.5, 0.6) is 0 Å². The molecule has 1 aromatic carbocycles. The van der Waals surface area contributed by atoms with Crippen LogP contribution in [0, 0.1) is 16.9 Å². The van der Waals surface area contributed by atoms with Crippen LogP contribution in [0.25, 0.3) is 0 Å². The standard InChI is InChI=1S/C22H32O3Si/c1-5-14-21-16-23-22(24-17-21,25-18-21)20-11-9-19(10-12-20)13-15-26(6-2,7-3)8-4/h9-12H,5-8,14,16-18H2,1-4H3. The van der Waals surface area contributed by atoms with Gasteiger partial charge in [-0.2, -0.15) is 0 Å². The summed E-state index contributed by atoms with van der Waals surface area (Å²) in [4.78, 5) is 0. The zero-order chi connectivity index (χ0) is 18.7. The van der Waals surface area contributed by atoms with Crippen molar-refractivity contribution in [1.29, 1.82) is 0 Å². The summed E-state index contributed by atoms with van der Waals surface area (Å²) in [5.74, 6) is 2.40. The van der Waals surface area contributed by atoms with Crippen LogP contribution in [-0.4, -0.2) is 27.9 Å². The van der Waals surface area contributed by atoms with Crippen LogP contribution in [0.1, 0.15) is 51.7 Å². The minimum atomic E-state index is -1.41. The molecule has 26 heavy (non-hydrogen) atoms. The molecular weight excluding hydrogens is 340 g/mol. The van der Waals surface area contributed by atoms with Crippen molar-refractivity contribution in [3.05, 3.63) is 35.4 Å². The van der Waals surface area contributed by atoms with Gasteiger partial charge in [0.15, 0.2) is 0 Å². The van der Waals surface area contributed by atoms with Crippen LogP contribution < -0.4 is 0 Å². The minimum absolute atomic E-state index is 0.0380. The van der Waals surface area contributed by atoms with E-state index in [9.17, 15) is 0 Å². The molecule has 0 aliphatic carbocycles. The molecule has 2 bridgehead atoms. The van der Waals surface area contributed by atoms with E-state index in [0.29, 0.717) is 19.8 Å². The maximum Gasteiger partial charge on any atom is 0.312 e. The summed E-state index contributed by atoms with van der Waals surface area (Å²) in [5, 5.41) is 0. The highest BCUT2D eigenvalue weighted by Crippen LogP contribution is 2.46. The molecule has 0 spiro atoms. The number of rotatable bonds is 6. The Morgan fingerprint density at radius 3 is 1.88 bits per heavy atom. The lowest BCUT2D eigenvalue weighted by atomic mass is 9.83. The van der Waals surface area contributed by atoms with Gasteiger partial charge >= 0.3 is 5.97 Å². The van der Waals surface area contributed by atoms with Gasteiger partial charge in [-0.05, 0) is 48.8 Å². The third kappa shape index (κ3) is 3.64. The van der Waals surface area contributed by atoms with Gasteiger partial charge in [-0.15, -0.1) is 5.54 Å². The summed E-state index contributed by atoms with van der Waals surface area (Å²) in [6, 6.07) is 11.9. The topological polar surface area (TPSA) is 27.7 Å². The van der Waals surface area contributed by atoms with Gasteiger partial charge in [0.2, 0.25) is 0 Å². The number of hydrogen-bond donors (Lipinski definition) is 0. The average Bonchev–Trinajstić information content (AvgIpc) is 2.71. The first kappa shape index (κ1) is 19.6. The van der Waals surface area contributed by atoms with Crippen LogP contribution in [0.15, 0.2) is 24.3 Å². The van der Waals surface area contributed by atoms with Crippen LogP contribution in [-0.2, 0) is 20.2 Å². The monoisotopic (exact) mass is 372 g/mol. The maximum absolute atomic E-state index is 6.04. The lowest BCUT2D eigenvalue weighted by Crippen LogP contribution is -2.58. The molecule has 3 nitrogen and oxygen atoms in total. The van der Waals surface area contributed by atoms with Crippen molar-refractivity contribution in [1.82, 2.24) is 0 Å². The molecule has 0 saturated carbocycles. The van der Waals surface area contributed by atoms with E-state index < -0.39 is 14.0 Å². The fourth-order valence-electron chi connectivity index (χ4n) is 3.97. The van der Waals surface area contributed by atoms with Gasteiger partial charge in [0.25, 0.3) is 0 Å². The Kier molecular flexibility index (Phi) is 5.93. The first-order valence-electron chi connectivity index (χ1n) is 10.1. The van der Waals surface area contributed by atoms with Crippen molar-refractivity contribution in [3.63, 3.8) is 0 Å². The Labute approximate surface area is 159 Å². The predicted molar refractivity (Wildman–Crippen MR) is 107 cm³/mol. The van der Waals surface area contributed by atoms with Crippen molar-refractivity contribution in [2.45, 2.75) is 64.6 Å². The second kappa shape index (κ2) is 7.86. The fourth-order valence-corrected chi connectivity index (χ4v) is 6.41. The predicted octanol–water partition coefficient (Wildman–Crippen LogP) is 5.06. The number of fused-ring (bicyclic) bond motifs is 3. The highest BCUT2D eigenvalue weighted by molar-refractivity contribution is 6.87. The lowest BCUT2D eigenvalue weighted by Gasteiger charge is -2.51. The molecule has 4 rings (SSSR count). The van der Waals surface area contributed by atoms with Gasteiger partial charge in [0.1, 0.15) is 8.07 Å². The van der Waals surface area contributed by atoms with E-state index in [2.05, 4.69) is 51.3 Å². The van der Waals surface area contributed by atoms with Crippen molar-refractivity contribution in [2.75, 3.05) is 19.8 Å². The Morgan fingerprint density at radius 1 is 0.885 bits per heavy atom. The van der Waals surface area contributed by atoms with Crippen molar-refractivity contribution in [2.24, 2.45) is 5.41 Å². The molecule has 0 aromatic heterocycles. The second-order valence-corrected chi connectivity index (χ2v) is 12.8. The molecular formula is C22H32O3Si. The zero-order valence-corrected chi connectivity index (χ0v) is 17.7. The Morgan fingerprint density at radius 2 is 1.42 bits per heavy atom. The summed E-state index contributed by atoms with van der Waals surface area (Å²) in [6.07, 6.45) is 2.20. The number of ether oxygens (including phenoxy) is 3. The molecule has 3 aliphatic rings. The quantitative estimate of drug-likeness (QED) is 0.516. The molecule has 3 aliphatic heterocycles. The third-order valence-corrected chi connectivity index (χ3v) is 10.9. The van der Waals surface area contributed by atoms with Gasteiger partial charge in [-0.1, -0.05) is 40.0 Å². The van der Waals surface area contributed by atoms with Crippen molar-refractivity contribution < 1.29 is 14.2 Å². The summed E-state index contributed by atoms with van der Waals surface area (Å²) in [6.45, 7) is 11.2. The summed E-state index contributed by atoms with van der Waals surface area (Å²) in [7, 11) is -1.41. The molecule has 1 aromatic rings. The molecule has 0 unspecified atom stereocenters.